The van der Waals surface area contributed by atoms with Crippen molar-refractivity contribution in [3.8, 4) is 11.8 Å². The fourth-order valence-electron chi connectivity index (χ4n) is 1.16. The Balaban J connectivity index is 2.98. The van der Waals surface area contributed by atoms with Crippen LogP contribution in [-0.2, 0) is 18.1 Å². The molecule has 2 N–H and O–H groups in total. The van der Waals surface area contributed by atoms with Gasteiger partial charge in [0.2, 0.25) is 17.7 Å². The van der Waals surface area contributed by atoms with Gasteiger partial charge in [0.15, 0.2) is 0 Å². The Labute approximate surface area is 132 Å². The van der Waals surface area contributed by atoms with Crippen LogP contribution in [-0.4, -0.2) is 65.5 Å². The number of methoxy groups -OCH3 is 2. The first-order valence-corrected chi connectivity index (χ1v) is 9.21. The number of hydrogen-bond acceptors (Lipinski definition) is 9. The van der Waals surface area contributed by atoms with Gasteiger partial charge < -0.3 is 9.47 Å². The van der Waals surface area contributed by atoms with Crippen molar-refractivity contribution >= 4 is 30.1 Å². The molecule has 0 saturated carbocycles. The van der Waals surface area contributed by atoms with Crippen LogP contribution in [0.25, 0.3) is 0 Å². The number of anilines is 1. The van der Waals surface area contributed by atoms with E-state index in [-0.39, 0.29) is 17.7 Å². The molecule has 0 unspecified atom stereocenters. The van der Waals surface area contributed by atoms with Crippen LogP contribution < -0.4 is 19.5 Å². The smallest absolute Gasteiger partial charge is 0.356 e. The molecule has 12 nitrogen and oxygen atoms in total. The minimum Gasteiger partial charge on any atom is -0.481 e. The van der Waals surface area contributed by atoms with Crippen molar-refractivity contribution in [1.82, 2.24) is 19.0 Å². The van der Waals surface area contributed by atoms with Crippen molar-refractivity contribution in [3.63, 3.8) is 0 Å². The zero-order chi connectivity index (χ0) is 17.8. The maximum Gasteiger partial charge on any atom is 0.356 e. The van der Waals surface area contributed by atoms with E-state index in [0.717, 1.165) is 14.1 Å². The van der Waals surface area contributed by atoms with Gasteiger partial charge >= 0.3 is 24.1 Å². The van der Waals surface area contributed by atoms with Crippen molar-refractivity contribution in [2.45, 2.75) is 0 Å². The molecule has 0 bridgehead atoms. The minimum atomic E-state index is -4.99. The average molecular weight is 369 g/mol. The highest BCUT2D eigenvalue weighted by molar-refractivity contribution is 8.65. The standard InChI is InChI=1S/C9H15N5O7S2/c1-14(2)23(18,19)22(16,17)13-9(15)12-8-10-6(20-3)5-7(11-8)21-4/h5H,1-4H3,(H2,10,11,12,13,15). The first-order chi connectivity index (χ1) is 10.5. The third-order valence-electron chi connectivity index (χ3n) is 2.26. The molecule has 1 aromatic heterocycles. The molecular weight excluding hydrogens is 354 g/mol. The van der Waals surface area contributed by atoms with Crippen molar-refractivity contribution < 1.29 is 31.1 Å². The molecule has 0 aromatic carbocycles. The fraction of sp³-hybridized carbons (Fsp3) is 0.444. The SMILES string of the molecule is COc1cc(OC)nc(NC(=O)NS(=O)(=O)S(=O)(=O)N(C)C)n1. The summed E-state index contributed by atoms with van der Waals surface area (Å²) in [5, 5.41) is 1.96. The highest BCUT2D eigenvalue weighted by atomic mass is 33.2. The van der Waals surface area contributed by atoms with Crippen LogP contribution >= 0.6 is 0 Å². The van der Waals surface area contributed by atoms with E-state index in [1.54, 1.807) is 0 Å². The van der Waals surface area contributed by atoms with Crippen LogP contribution in [0.2, 0.25) is 0 Å². The summed E-state index contributed by atoms with van der Waals surface area (Å²) in [4.78, 5) is 19.1. The molecule has 0 aliphatic carbocycles. The van der Waals surface area contributed by atoms with Gasteiger partial charge in [0.05, 0.1) is 20.3 Å². The Morgan fingerprint density at radius 3 is 1.96 bits per heavy atom. The summed E-state index contributed by atoms with van der Waals surface area (Å²) >= 11 is 0. The molecule has 1 heterocycles. The molecule has 0 fully saturated rings. The molecule has 0 radical (unpaired) electrons. The van der Waals surface area contributed by atoms with E-state index in [1.807, 2.05) is 5.32 Å². The highest BCUT2D eigenvalue weighted by Crippen LogP contribution is 2.17. The van der Waals surface area contributed by atoms with Crippen molar-refractivity contribution in [1.29, 1.82) is 0 Å². The van der Waals surface area contributed by atoms with Crippen molar-refractivity contribution in [2.75, 3.05) is 33.6 Å². The summed E-state index contributed by atoms with van der Waals surface area (Å²) in [6, 6.07) is -0.0539. The summed E-state index contributed by atoms with van der Waals surface area (Å²) in [6.07, 6.45) is 0. The highest BCUT2D eigenvalue weighted by Gasteiger charge is 2.34. The van der Waals surface area contributed by atoms with E-state index in [2.05, 4.69) is 9.97 Å². The zero-order valence-electron chi connectivity index (χ0n) is 12.6. The maximum absolute atomic E-state index is 11.7. The lowest BCUT2D eigenvalue weighted by Crippen LogP contribution is -2.43. The fourth-order valence-corrected chi connectivity index (χ4v) is 3.65. The summed E-state index contributed by atoms with van der Waals surface area (Å²) in [6.45, 7) is 0. The second-order valence-corrected chi connectivity index (χ2v) is 9.31. The molecule has 0 aliphatic rings. The molecule has 1 rings (SSSR count). The van der Waals surface area contributed by atoms with E-state index >= 15 is 0 Å². The number of carbonyl (C=O) groups is 1. The van der Waals surface area contributed by atoms with E-state index in [0.29, 0.717) is 4.31 Å². The monoisotopic (exact) mass is 369 g/mol. The number of urea groups is 1. The molecule has 0 aliphatic heterocycles. The number of hydrogen-bond donors (Lipinski definition) is 2. The lowest BCUT2D eigenvalue weighted by atomic mass is 10.6. The molecule has 1 aromatic rings. The Bertz CT molecular complexity index is 768. The first kappa shape index (κ1) is 18.9. The van der Waals surface area contributed by atoms with Crippen molar-refractivity contribution in [3.05, 3.63) is 6.07 Å². The Morgan fingerprint density at radius 1 is 1.09 bits per heavy atom. The molecule has 130 valence electrons. The third-order valence-corrected chi connectivity index (χ3v) is 6.96. The van der Waals surface area contributed by atoms with Crippen LogP contribution in [0.5, 0.6) is 11.8 Å². The van der Waals surface area contributed by atoms with Gasteiger partial charge in [-0.2, -0.15) is 31.1 Å². The number of ether oxygens (including phenoxy) is 2. The van der Waals surface area contributed by atoms with Gasteiger partial charge in [-0.15, -0.1) is 0 Å². The average Bonchev–Trinajstić information content (AvgIpc) is 2.45. The molecular formula is C9H15N5O7S2. The maximum atomic E-state index is 11.7. The molecule has 2 amide bonds. The Hall–Kier alpha value is -2.19. The van der Waals surface area contributed by atoms with Crippen LogP contribution in [0.15, 0.2) is 6.07 Å². The van der Waals surface area contributed by atoms with Gasteiger partial charge in [0, 0.05) is 14.1 Å². The second-order valence-electron chi connectivity index (χ2n) is 4.03. The van der Waals surface area contributed by atoms with Gasteiger partial charge in [-0.25, -0.2) is 9.52 Å². The van der Waals surface area contributed by atoms with Gasteiger partial charge in [0.1, 0.15) is 0 Å². The zero-order valence-corrected chi connectivity index (χ0v) is 14.2. The number of nitrogens with one attached hydrogen (secondary N) is 2. The topological polar surface area (TPSA) is 157 Å². The molecule has 14 heteroatoms. The van der Waals surface area contributed by atoms with Gasteiger partial charge in [-0.3, -0.25) is 5.32 Å². The van der Waals surface area contributed by atoms with Gasteiger partial charge in [-0.05, 0) is 0 Å². The minimum absolute atomic E-state index is 0.0379. The van der Waals surface area contributed by atoms with E-state index in [9.17, 15) is 21.6 Å². The summed E-state index contributed by atoms with van der Waals surface area (Å²) in [5.41, 5.74) is 0. The third kappa shape index (κ3) is 4.40. The van der Waals surface area contributed by atoms with Crippen LogP contribution in [0, 0.1) is 0 Å². The van der Waals surface area contributed by atoms with E-state index in [1.165, 1.54) is 25.0 Å². The van der Waals surface area contributed by atoms with Crippen LogP contribution in [0.4, 0.5) is 10.7 Å². The lowest BCUT2D eigenvalue weighted by Gasteiger charge is -2.13. The van der Waals surface area contributed by atoms with Crippen LogP contribution in [0.1, 0.15) is 0 Å². The molecule has 0 atom stereocenters. The number of carbonyl (C=O) groups excluding carboxylic acids is 1. The molecule has 23 heavy (non-hydrogen) atoms. The largest absolute Gasteiger partial charge is 0.481 e. The Morgan fingerprint density at radius 2 is 1.57 bits per heavy atom. The predicted octanol–water partition coefficient (Wildman–Crippen LogP) is -1.25. The summed E-state index contributed by atoms with van der Waals surface area (Å²) < 4.78 is 57.9. The number of rotatable bonds is 6. The van der Waals surface area contributed by atoms with Crippen molar-refractivity contribution in [2.24, 2.45) is 0 Å². The normalized spacial score (nSPS) is 11.9. The second kappa shape index (κ2) is 6.93. The summed E-state index contributed by atoms with van der Waals surface area (Å²) in [7, 11) is -5.12. The number of nitrogens with zero attached hydrogens (tertiary/aromatic N) is 3. The van der Waals surface area contributed by atoms with Gasteiger partial charge in [0.25, 0.3) is 0 Å². The van der Waals surface area contributed by atoms with Gasteiger partial charge in [-0.1, -0.05) is 0 Å². The lowest BCUT2D eigenvalue weighted by molar-refractivity contribution is 0.256. The predicted molar refractivity (Wildman–Crippen MR) is 78.8 cm³/mol. The molecule has 0 saturated heterocycles. The number of aromatic nitrogens is 2. The van der Waals surface area contributed by atoms with E-state index < -0.39 is 24.1 Å². The van der Waals surface area contributed by atoms with Crippen LogP contribution in [0.3, 0.4) is 0 Å². The van der Waals surface area contributed by atoms with E-state index in [4.69, 9.17) is 9.47 Å². The summed E-state index contributed by atoms with van der Waals surface area (Å²) in [5.74, 6) is -0.275. The molecule has 0 spiro atoms. The number of amides is 2. The Kier molecular flexibility index (Phi) is 5.68. The quantitative estimate of drug-likeness (QED) is 0.585. The first-order valence-electron chi connectivity index (χ1n) is 5.77.